The number of nitrogen functional groups attached to an aromatic ring is 1. The van der Waals surface area contributed by atoms with Gasteiger partial charge < -0.3 is 16.0 Å². The average Bonchev–Trinajstić information content (AvgIpc) is 2.83. The van der Waals surface area contributed by atoms with Crippen molar-refractivity contribution in [3.8, 4) is 0 Å². The van der Waals surface area contributed by atoms with Gasteiger partial charge in [-0.1, -0.05) is 0 Å². The summed E-state index contributed by atoms with van der Waals surface area (Å²) in [7, 11) is -0.0300. The molecule has 1 unspecified atom stereocenters. The SMILES string of the molecule is CNS(=O)(=O)c1cc(N)ccc1NCC1CCCN1C. The third-order valence-corrected chi connectivity index (χ3v) is 5.22. The van der Waals surface area contributed by atoms with Gasteiger partial charge in [-0.3, -0.25) is 0 Å². The Morgan fingerprint density at radius 1 is 1.45 bits per heavy atom. The van der Waals surface area contributed by atoms with Crippen molar-refractivity contribution in [2.24, 2.45) is 0 Å². The molecular formula is C13H22N4O2S. The van der Waals surface area contributed by atoms with Crippen molar-refractivity contribution in [2.45, 2.75) is 23.8 Å². The molecule has 1 atom stereocenters. The van der Waals surface area contributed by atoms with Gasteiger partial charge in [0.1, 0.15) is 4.90 Å². The third-order valence-electron chi connectivity index (χ3n) is 3.76. The highest BCUT2D eigenvalue weighted by atomic mass is 32.2. The molecular weight excluding hydrogens is 276 g/mol. The molecule has 0 saturated carbocycles. The van der Waals surface area contributed by atoms with Gasteiger partial charge in [0.15, 0.2) is 0 Å². The monoisotopic (exact) mass is 298 g/mol. The molecule has 0 aliphatic carbocycles. The molecule has 1 aromatic rings. The van der Waals surface area contributed by atoms with E-state index in [0.717, 1.165) is 19.5 Å². The molecule has 112 valence electrons. The minimum absolute atomic E-state index is 0.195. The summed E-state index contributed by atoms with van der Waals surface area (Å²) in [5.41, 5.74) is 6.72. The van der Waals surface area contributed by atoms with E-state index in [1.54, 1.807) is 12.1 Å². The third kappa shape index (κ3) is 3.23. The minimum atomic E-state index is -3.52. The van der Waals surface area contributed by atoms with E-state index in [1.807, 2.05) is 0 Å². The first-order chi connectivity index (χ1) is 9.44. The Labute approximate surface area is 120 Å². The van der Waals surface area contributed by atoms with Gasteiger partial charge in [0.05, 0.1) is 5.69 Å². The molecule has 1 heterocycles. The van der Waals surface area contributed by atoms with E-state index in [1.165, 1.54) is 19.5 Å². The summed E-state index contributed by atoms with van der Waals surface area (Å²) in [5.74, 6) is 0. The maximum Gasteiger partial charge on any atom is 0.242 e. The van der Waals surface area contributed by atoms with Crippen molar-refractivity contribution in [1.82, 2.24) is 9.62 Å². The van der Waals surface area contributed by atoms with E-state index in [4.69, 9.17) is 5.73 Å². The Kier molecular flexibility index (Phi) is 4.52. The summed E-state index contributed by atoms with van der Waals surface area (Å²) in [6, 6.07) is 5.34. The molecule has 6 nitrogen and oxygen atoms in total. The Bertz CT molecular complexity index is 574. The lowest BCUT2D eigenvalue weighted by molar-refractivity contribution is 0.322. The van der Waals surface area contributed by atoms with Crippen LogP contribution in [0.4, 0.5) is 11.4 Å². The molecule has 20 heavy (non-hydrogen) atoms. The number of nitrogens with one attached hydrogen (secondary N) is 2. The normalized spacial score (nSPS) is 20.2. The fourth-order valence-corrected chi connectivity index (χ4v) is 3.42. The Morgan fingerprint density at radius 2 is 2.20 bits per heavy atom. The van der Waals surface area contributed by atoms with Crippen LogP contribution in [-0.2, 0) is 10.0 Å². The summed E-state index contributed by atoms with van der Waals surface area (Å²) in [4.78, 5) is 2.48. The Hall–Kier alpha value is -1.31. The molecule has 0 spiro atoms. The molecule has 2 rings (SSSR count). The highest BCUT2D eigenvalue weighted by Crippen LogP contribution is 2.24. The van der Waals surface area contributed by atoms with Crippen molar-refractivity contribution < 1.29 is 8.42 Å². The zero-order chi connectivity index (χ0) is 14.8. The van der Waals surface area contributed by atoms with Gasteiger partial charge in [-0.05, 0) is 51.7 Å². The second-order valence-electron chi connectivity index (χ2n) is 5.12. The van der Waals surface area contributed by atoms with E-state index >= 15 is 0 Å². The number of hydrogen-bond donors (Lipinski definition) is 3. The van der Waals surface area contributed by atoms with Crippen molar-refractivity contribution >= 4 is 21.4 Å². The first-order valence-electron chi connectivity index (χ1n) is 6.71. The van der Waals surface area contributed by atoms with Crippen LogP contribution in [0.1, 0.15) is 12.8 Å². The maximum atomic E-state index is 12.0. The lowest BCUT2D eigenvalue weighted by atomic mass is 10.2. The number of nitrogens with two attached hydrogens (primary N) is 1. The topological polar surface area (TPSA) is 87.5 Å². The van der Waals surface area contributed by atoms with Crippen molar-refractivity contribution in [2.75, 3.05) is 38.2 Å². The van der Waals surface area contributed by atoms with E-state index in [0.29, 0.717) is 17.4 Å². The number of nitrogens with zero attached hydrogens (tertiary/aromatic N) is 1. The van der Waals surface area contributed by atoms with Gasteiger partial charge in [0.2, 0.25) is 10.0 Å². The number of hydrogen-bond acceptors (Lipinski definition) is 5. The smallest absolute Gasteiger partial charge is 0.242 e. The predicted molar refractivity (Wildman–Crippen MR) is 81.2 cm³/mol. The van der Waals surface area contributed by atoms with E-state index in [9.17, 15) is 8.42 Å². The molecule has 1 aliphatic heterocycles. The van der Waals surface area contributed by atoms with Gasteiger partial charge in [0.25, 0.3) is 0 Å². The molecule has 1 saturated heterocycles. The molecule has 1 fully saturated rings. The van der Waals surface area contributed by atoms with Crippen molar-refractivity contribution in [3.63, 3.8) is 0 Å². The zero-order valence-electron chi connectivity index (χ0n) is 11.9. The summed E-state index contributed by atoms with van der Waals surface area (Å²) in [6.45, 7) is 1.82. The van der Waals surface area contributed by atoms with Crippen molar-refractivity contribution in [1.29, 1.82) is 0 Å². The second-order valence-corrected chi connectivity index (χ2v) is 6.98. The van der Waals surface area contributed by atoms with Crippen LogP contribution in [0.25, 0.3) is 0 Å². The van der Waals surface area contributed by atoms with Crippen molar-refractivity contribution in [3.05, 3.63) is 18.2 Å². The quantitative estimate of drug-likeness (QED) is 0.696. The lowest BCUT2D eigenvalue weighted by Gasteiger charge is -2.21. The molecule has 4 N–H and O–H groups in total. The molecule has 1 aromatic carbocycles. The molecule has 0 radical (unpaired) electrons. The van der Waals surface area contributed by atoms with Gasteiger partial charge in [-0.2, -0.15) is 0 Å². The molecule has 0 aromatic heterocycles. The highest BCUT2D eigenvalue weighted by Gasteiger charge is 2.22. The number of anilines is 2. The zero-order valence-corrected chi connectivity index (χ0v) is 12.7. The van der Waals surface area contributed by atoms with Crippen LogP contribution in [0.2, 0.25) is 0 Å². The van der Waals surface area contributed by atoms with E-state index in [2.05, 4.69) is 22.0 Å². The number of likely N-dealkylation sites (N-methyl/N-ethyl adjacent to an activating group) is 1. The van der Waals surface area contributed by atoms with Crippen LogP contribution in [-0.4, -0.2) is 46.5 Å². The number of rotatable bonds is 5. The molecule has 0 amide bonds. The van der Waals surface area contributed by atoms with Crippen LogP contribution in [0.5, 0.6) is 0 Å². The van der Waals surface area contributed by atoms with Crippen LogP contribution in [0, 0.1) is 0 Å². The van der Waals surface area contributed by atoms with Gasteiger partial charge in [0, 0.05) is 18.3 Å². The minimum Gasteiger partial charge on any atom is -0.399 e. The van der Waals surface area contributed by atoms with Gasteiger partial charge >= 0.3 is 0 Å². The molecule has 1 aliphatic rings. The maximum absolute atomic E-state index is 12.0. The standard InChI is InChI=1S/C13H22N4O2S/c1-15-20(18,19)13-8-10(14)5-6-12(13)16-9-11-4-3-7-17(11)2/h5-6,8,11,15-16H,3-4,7,9,14H2,1-2H3. The largest absolute Gasteiger partial charge is 0.399 e. The number of benzene rings is 1. The predicted octanol–water partition coefficient (Wildman–Crippen LogP) is 0.683. The lowest BCUT2D eigenvalue weighted by Crippen LogP contribution is -2.32. The first-order valence-corrected chi connectivity index (χ1v) is 8.19. The van der Waals surface area contributed by atoms with Gasteiger partial charge in [-0.15, -0.1) is 0 Å². The highest BCUT2D eigenvalue weighted by molar-refractivity contribution is 7.89. The Balaban J connectivity index is 2.19. The summed E-state index contributed by atoms with van der Waals surface area (Å²) in [5, 5.41) is 3.24. The summed E-state index contributed by atoms with van der Waals surface area (Å²) >= 11 is 0. The summed E-state index contributed by atoms with van der Waals surface area (Å²) in [6.07, 6.45) is 2.32. The Morgan fingerprint density at radius 3 is 2.80 bits per heavy atom. The fraction of sp³-hybridized carbons (Fsp3) is 0.538. The fourth-order valence-electron chi connectivity index (χ4n) is 2.48. The number of sulfonamides is 1. The van der Waals surface area contributed by atoms with Crippen LogP contribution < -0.4 is 15.8 Å². The first kappa shape index (κ1) is 15.1. The van der Waals surface area contributed by atoms with E-state index in [-0.39, 0.29) is 4.90 Å². The molecule has 7 heteroatoms. The molecule has 0 bridgehead atoms. The number of likely N-dealkylation sites (tertiary alicyclic amines) is 1. The average molecular weight is 298 g/mol. The second kappa shape index (κ2) is 5.99. The van der Waals surface area contributed by atoms with Crippen LogP contribution in [0.3, 0.4) is 0 Å². The van der Waals surface area contributed by atoms with Gasteiger partial charge in [-0.25, -0.2) is 13.1 Å². The summed E-state index contributed by atoms with van der Waals surface area (Å²) < 4.78 is 26.4. The van der Waals surface area contributed by atoms with E-state index < -0.39 is 10.0 Å². The van der Waals surface area contributed by atoms with Crippen LogP contribution >= 0.6 is 0 Å². The van der Waals surface area contributed by atoms with Crippen LogP contribution in [0.15, 0.2) is 23.1 Å².